The van der Waals surface area contributed by atoms with E-state index in [1.54, 1.807) is 11.3 Å². The topological polar surface area (TPSA) is 97.7 Å². The van der Waals surface area contributed by atoms with Crippen LogP contribution >= 0.6 is 11.3 Å². The van der Waals surface area contributed by atoms with E-state index in [0.717, 1.165) is 58.1 Å². The lowest BCUT2D eigenvalue weighted by Crippen LogP contribution is -2.53. The van der Waals surface area contributed by atoms with Crippen LogP contribution in [-0.2, 0) is 33.7 Å². The van der Waals surface area contributed by atoms with Crippen molar-refractivity contribution in [3.63, 3.8) is 0 Å². The average Bonchev–Trinajstić information content (AvgIpc) is 3.40. The summed E-state index contributed by atoms with van der Waals surface area (Å²) in [6.07, 6.45) is 5.41. The van der Waals surface area contributed by atoms with Crippen molar-refractivity contribution in [3.05, 3.63) is 80.5 Å². The standard InChI is InChI=1S/C28H27N3O5S/c1-16-13-19(14-21-24(32)29-28(35)30(25(21)33)15-18-9-5-4-6-10-18)17(2)31(16)26-23(27(34)36-3)20-11-7-8-12-22(20)37-26/h4-6,9-10,13-14H,7-8,11-12,15H2,1-3H3,(H,29,32,35)/b21-14+. The van der Waals surface area contributed by atoms with E-state index in [4.69, 9.17) is 4.74 Å². The number of carbonyl (C=O) groups is 4. The zero-order chi connectivity index (χ0) is 26.3. The number of thiophene rings is 1. The second kappa shape index (κ2) is 9.82. The summed E-state index contributed by atoms with van der Waals surface area (Å²) in [5.74, 6) is -1.74. The van der Waals surface area contributed by atoms with Gasteiger partial charge in [0.05, 0.1) is 19.2 Å². The van der Waals surface area contributed by atoms with E-state index in [0.29, 0.717) is 11.1 Å². The van der Waals surface area contributed by atoms with Gasteiger partial charge in [0, 0.05) is 16.3 Å². The van der Waals surface area contributed by atoms with Crippen molar-refractivity contribution in [1.29, 1.82) is 0 Å². The SMILES string of the molecule is COC(=O)c1c(-n2c(C)cc(/C=C3\C(=O)NC(=O)N(Cc4ccccc4)C3=O)c2C)sc2c1CCCC2. The molecule has 1 aliphatic carbocycles. The summed E-state index contributed by atoms with van der Waals surface area (Å²) in [5.41, 5.74) is 4.60. The van der Waals surface area contributed by atoms with Crippen molar-refractivity contribution < 1.29 is 23.9 Å². The summed E-state index contributed by atoms with van der Waals surface area (Å²) >= 11 is 1.59. The smallest absolute Gasteiger partial charge is 0.341 e. The summed E-state index contributed by atoms with van der Waals surface area (Å²) < 4.78 is 7.12. The summed E-state index contributed by atoms with van der Waals surface area (Å²) in [6, 6.07) is 10.3. The molecule has 9 heteroatoms. The summed E-state index contributed by atoms with van der Waals surface area (Å²) in [7, 11) is 1.39. The molecule has 0 unspecified atom stereocenters. The third kappa shape index (κ3) is 4.40. The highest BCUT2D eigenvalue weighted by Crippen LogP contribution is 2.39. The number of fused-ring (bicyclic) bond motifs is 1. The minimum absolute atomic E-state index is 0.0540. The number of aryl methyl sites for hydroxylation is 2. The molecule has 37 heavy (non-hydrogen) atoms. The highest BCUT2D eigenvalue weighted by atomic mass is 32.1. The summed E-state index contributed by atoms with van der Waals surface area (Å²) in [4.78, 5) is 53.4. The van der Waals surface area contributed by atoms with Crippen LogP contribution in [0, 0.1) is 13.8 Å². The highest BCUT2D eigenvalue weighted by Gasteiger charge is 2.36. The number of esters is 1. The molecule has 1 fully saturated rings. The molecule has 0 radical (unpaired) electrons. The second-order valence-electron chi connectivity index (χ2n) is 9.24. The lowest BCUT2D eigenvalue weighted by Gasteiger charge is -2.26. The Labute approximate surface area is 218 Å². The van der Waals surface area contributed by atoms with E-state index in [-0.39, 0.29) is 18.1 Å². The molecule has 1 aliphatic heterocycles. The number of hydrogen-bond donors (Lipinski definition) is 1. The molecule has 1 N–H and O–H groups in total. The van der Waals surface area contributed by atoms with E-state index in [9.17, 15) is 19.2 Å². The van der Waals surface area contributed by atoms with Gasteiger partial charge in [-0.25, -0.2) is 9.59 Å². The minimum atomic E-state index is -0.742. The predicted molar refractivity (Wildman–Crippen MR) is 140 cm³/mol. The van der Waals surface area contributed by atoms with Gasteiger partial charge in [0.2, 0.25) is 0 Å². The normalized spacial score (nSPS) is 16.7. The number of urea groups is 1. The number of barbiturate groups is 1. The Balaban J connectivity index is 1.55. The molecule has 0 bridgehead atoms. The summed E-state index contributed by atoms with van der Waals surface area (Å²) in [5, 5.41) is 3.07. The maximum absolute atomic E-state index is 13.3. The molecular weight excluding hydrogens is 490 g/mol. The zero-order valence-corrected chi connectivity index (χ0v) is 21.7. The van der Waals surface area contributed by atoms with Crippen molar-refractivity contribution >= 4 is 41.2 Å². The third-order valence-corrected chi connectivity index (χ3v) is 8.16. The first-order valence-electron chi connectivity index (χ1n) is 12.1. The first-order valence-corrected chi connectivity index (χ1v) is 13.0. The molecule has 4 amide bonds. The van der Waals surface area contributed by atoms with E-state index in [2.05, 4.69) is 5.32 Å². The van der Waals surface area contributed by atoms with Crippen LogP contribution < -0.4 is 5.32 Å². The quantitative estimate of drug-likeness (QED) is 0.306. The number of carbonyl (C=O) groups excluding carboxylic acids is 4. The van der Waals surface area contributed by atoms with Gasteiger partial charge in [-0.05, 0) is 68.4 Å². The van der Waals surface area contributed by atoms with E-state index >= 15 is 0 Å². The molecule has 2 aromatic heterocycles. The Bertz CT molecular complexity index is 1460. The maximum atomic E-state index is 13.3. The van der Waals surface area contributed by atoms with Crippen molar-refractivity contribution in [2.24, 2.45) is 0 Å². The van der Waals surface area contributed by atoms with E-state index in [1.165, 1.54) is 18.1 Å². The van der Waals surface area contributed by atoms with Gasteiger partial charge in [-0.15, -0.1) is 11.3 Å². The number of hydrogen-bond acceptors (Lipinski definition) is 6. The molecule has 8 nitrogen and oxygen atoms in total. The monoisotopic (exact) mass is 517 g/mol. The van der Waals surface area contributed by atoms with Gasteiger partial charge < -0.3 is 9.30 Å². The van der Waals surface area contributed by atoms with E-state index < -0.39 is 17.8 Å². The molecule has 0 atom stereocenters. The average molecular weight is 518 g/mol. The molecule has 1 aromatic carbocycles. The fraction of sp³-hybridized carbons (Fsp3) is 0.286. The van der Waals surface area contributed by atoms with Crippen LogP contribution in [0.15, 0.2) is 42.0 Å². The maximum Gasteiger partial charge on any atom is 0.341 e. The first kappa shape index (κ1) is 24.7. The fourth-order valence-electron chi connectivity index (χ4n) is 5.03. The molecule has 0 spiro atoms. The van der Waals surface area contributed by atoms with Crippen LogP contribution in [0.1, 0.15) is 56.2 Å². The molecule has 0 saturated carbocycles. The molecule has 5 rings (SSSR count). The van der Waals surface area contributed by atoms with Gasteiger partial charge in [0.15, 0.2) is 0 Å². The lowest BCUT2D eigenvalue weighted by atomic mass is 9.95. The number of benzene rings is 1. The van der Waals surface area contributed by atoms with Crippen LogP contribution in [0.25, 0.3) is 11.1 Å². The second-order valence-corrected chi connectivity index (χ2v) is 10.3. The highest BCUT2D eigenvalue weighted by molar-refractivity contribution is 7.15. The lowest BCUT2D eigenvalue weighted by molar-refractivity contribution is -0.130. The Morgan fingerprint density at radius 3 is 2.57 bits per heavy atom. The van der Waals surface area contributed by atoms with Crippen LogP contribution in [0.3, 0.4) is 0 Å². The van der Waals surface area contributed by atoms with Crippen molar-refractivity contribution in [1.82, 2.24) is 14.8 Å². The number of ether oxygens (including phenoxy) is 1. The molecule has 3 aromatic rings. The number of amides is 4. The van der Waals surface area contributed by atoms with Gasteiger partial charge in [-0.1, -0.05) is 30.3 Å². The number of nitrogens with zero attached hydrogens (tertiary/aromatic N) is 2. The summed E-state index contributed by atoms with van der Waals surface area (Å²) in [6.45, 7) is 3.86. The van der Waals surface area contributed by atoms with Crippen LogP contribution in [0.2, 0.25) is 0 Å². The predicted octanol–water partition coefficient (Wildman–Crippen LogP) is 4.48. The van der Waals surface area contributed by atoms with Crippen LogP contribution in [0.4, 0.5) is 4.79 Å². The Kier molecular flexibility index (Phi) is 6.55. The third-order valence-electron chi connectivity index (χ3n) is 6.88. The van der Waals surface area contributed by atoms with Crippen LogP contribution in [-0.4, -0.2) is 40.4 Å². The zero-order valence-electron chi connectivity index (χ0n) is 20.9. The van der Waals surface area contributed by atoms with Crippen molar-refractivity contribution in [2.45, 2.75) is 46.1 Å². The van der Waals surface area contributed by atoms with Gasteiger partial charge in [0.25, 0.3) is 11.8 Å². The van der Waals surface area contributed by atoms with Gasteiger partial charge in [0.1, 0.15) is 10.6 Å². The Morgan fingerprint density at radius 1 is 1.11 bits per heavy atom. The minimum Gasteiger partial charge on any atom is -0.465 e. The number of aromatic nitrogens is 1. The van der Waals surface area contributed by atoms with Crippen molar-refractivity contribution in [3.8, 4) is 5.00 Å². The first-order chi connectivity index (χ1) is 17.8. The van der Waals surface area contributed by atoms with Gasteiger partial charge in [-0.3, -0.25) is 19.8 Å². The van der Waals surface area contributed by atoms with E-state index in [1.807, 2.05) is 54.8 Å². The molecule has 2 aliphatic rings. The molecule has 190 valence electrons. The van der Waals surface area contributed by atoms with Gasteiger partial charge >= 0.3 is 12.0 Å². The molecule has 3 heterocycles. The Morgan fingerprint density at radius 2 is 1.84 bits per heavy atom. The largest absolute Gasteiger partial charge is 0.465 e. The molecule has 1 saturated heterocycles. The fourth-order valence-corrected chi connectivity index (χ4v) is 6.51. The van der Waals surface area contributed by atoms with Crippen molar-refractivity contribution in [2.75, 3.05) is 7.11 Å². The molecular formula is C28H27N3O5S. The number of methoxy groups -OCH3 is 1. The number of rotatable bonds is 5. The van der Waals surface area contributed by atoms with Gasteiger partial charge in [-0.2, -0.15) is 0 Å². The number of imide groups is 2. The van der Waals surface area contributed by atoms with Crippen LogP contribution in [0.5, 0.6) is 0 Å². The Hall–Kier alpha value is -3.98. The number of nitrogens with one attached hydrogen (secondary N) is 1.